The lowest BCUT2D eigenvalue weighted by molar-refractivity contribution is -0.291. The Balaban J connectivity index is 2.16. The van der Waals surface area contributed by atoms with Crippen molar-refractivity contribution in [1.82, 2.24) is 19.6 Å². The second kappa shape index (κ2) is 9.05. The first kappa shape index (κ1) is 26.9. The summed E-state index contributed by atoms with van der Waals surface area (Å²) in [6, 6.07) is 2.41. The monoisotopic (exact) mass is 530 g/mol. The van der Waals surface area contributed by atoms with Gasteiger partial charge in [0, 0.05) is 25.7 Å². The van der Waals surface area contributed by atoms with Crippen LogP contribution in [-0.2, 0) is 23.9 Å². The van der Waals surface area contributed by atoms with E-state index in [9.17, 15) is 44.3 Å². The van der Waals surface area contributed by atoms with Gasteiger partial charge in [-0.25, -0.2) is 18.5 Å². The van der Waals surface area contributed by atoms with Gasteiger partial charge >= 0.3 is 24.2 Å². The summed E-state index contributed by atoms with van der Waals surface area (Å²) in [6.45, 7) is 0.733. The van der Waals surface area contributed by atoms with E-state index >= 15 is 0 Å². The Bertz CT molecular complexity index is 1280. The van der Waals surface area contributed by atoms with Gasteiger partial charge < -0.3 is 9.47 Å². The van der Waals surface area contributed by atoms with Gasteiger partial charge in [0.05, 0.1) is 24.4 Å². The molecule has 1 aromatic carbocycles. The maximum absolute atomic E-state index is 14.1. The first-order chi connectivity index (χ1) is 16.5. The number of rotatable bonds is 6. The highest BCUT2D eigenvalue weighted by molar-refractivity contribution is 5.93. The fraction of sp³-hybridized carbons (Fsp3) is 0.350. The molecule has 0 aliphatic rings. The Hall–Kier alpha value is -3.72. The van der Waals surface area contributed by atoms with Crippen LogP contribution in [0.1, 0.15) is 28.5 Å². The molecule has 0 bridgehead atoms. The third-order valence-corrected chi connectivity index (χ3v) is 4.77. The van der Waals surface area contributed by atoms with Gasteiger partial charge in [0.25, 0.3) is 0 Å². The molecule has 0 aliphatic carbocycles. The van der Waals surface area contributed by atoms with Crippen molar-refractivity contribution >= 4 is 5.97 Å². The molecule has 0 radical (unpaired) electrons. The standard InChI is InChI=1S/C20H15F9N4O3/c1-9(21)36-14-15(18(22,23)20(27,28)29)31-32(2)16(14)33-8-11(7-30-33)10-4-5-13(19(24,25)26)12(6-10)17(34)35-3/h4-9H,1-3H3. The van der Waals surface area contributed by atoms with Crippen LogP contribution in [0.15, 0.2) is 30.6 Å². The second-order valence-corrected chi connectivity index (χ2v) is 7.28. The third kappa shape index (κ3) is 4.83. The molecule has 1 unspecified atom stereocenters. The fourth-order valence-corrected chi connectivity index (χ4v) is 3.20. The summed E-state index contributed by atoms with van der Waals surface area (Å²) in [5.74, 6) is -8.71. The van der Waals surface area contributed by atoms with Gasteiger partial charge in [-0.2, -0.15) is 45.3 Å². The van der Waals surface area contributed by atoms with E-state index in [0.717, 1.165) is 45.6 Å². The Morgan fingerprint density at radius 2 is 1.69 bits per heavy atom. The minimum atomic E-state index is -6.09. The molecule has 0 N–H and O–H groups in total. The SMILES string of the molecule is COC(=O)c1cc(-c2cnn(-c3c(OC(C)F)c(C(F)(F)C(F)(F)F)nn3C)c2)ccc1C(F)(F)F. The summed E-state index contributed by atoms with van der Waals surface area (Å²) in [5, 5.41) is 6.96. The van der Waals surface area contributed by atoms with Crippen molar-refractivity contribution in [1.29, 1.82) is 0 Å². The first-order valence-electron chi connectivity index (χ1n) is 9.66. The van der Waals surface area contributed by atoms with Gasteiger partial charge in [-0.1, -0.05) is 6.07 Å². The smallest absolute Gasteiger partial charge is 0.459 e. The van der Waals surface area contributed by atoms with Crippen LogP contribution in [0.4, 0.5) is 39.5 Å². The van der Waals surface area contributed by atoms with Crippen molar-refractivity contribution < 1.29 is 53.8 Å². The lowest BCUT2D eigenvalue weighted by atomic mass is 10.0. The van der Waals surface area contributed by atoms with Crippen LogP contribution in [0.2, 0.25) is 0 Å². The van der Waals surface area contributed by atoms with E-state index in [0.29, 0.717) is 15.4 Å². The van der Waals surface area contributed by atoms with Crippen molar-refractivity contribution in [3.8, 4) is 22.7 Å². The zero-order valence-electron chi connectivity index (χ0n) is 18.4. The predicted molar refractivity (Wildman–Crippen MR) is 103 cm³/mol. The molecule has 1 atom stereocenters. The molecule has 0 saturated carbocycles. The quantitative estimate of drug-likeness (QED) is 0.314. The van der Waals surface area contributed by atoms with Crippen LogP contribution in [-0.4, -0.2) is 45.2 Å². The van der Waals surface area contributed by atoms with Crippen molar-refractivity contribution in [2.24, 2.45) is 7.05 Å². The number of aryl methyl sites for hydroxylation is 1. The average molecular weight is 530 g/mol. The van der Waals surface area contributed by atoms with Gasteiger partial charge in [-0.05, 0) is 17.7 Å². The molecule has 2 heterocycles. The van der Waals surface area contributed by atoms with E-state index in [2.05, 4.69) is 19.7 Å². The molecule has 0 amide bonds. The summed E-state index contributed by atoms with van der Waals surface area (Å²) in [5.41, 5.74) is -4.05. The number of esters is 1. The molecular formula is C20H15F9N4O3. The normalized spacial score (nSPS) is 13.6. The summed E-state index contributed by atoms with van der Waals surface area (Å²) in [7, 11) is 1.84. The average Bonchev–Trinajstić information content (AvgIpc) is 3.35. The highest BCUT2D eigenvalue weighted by Crippen LogP contribution is 2.48. The van der Waals surface area contributed by atoms with E-state index in [1.165, 1.54) is 0 Å². The van der Waals surface area contributed by atoms with E-state index in [1.54, 1.807) is 0 Å². The second-order valence-electron chi connectivity index (χ2n) is 7.28. The summed E-state index contributed by atoms with van der Waals surface area (Å²) < 4.78 is 131. The van der Waals surface area contributed by atoms with Crippen LogP contribution in [0.5, 0.6) is 5.75 Å². The number of hydrogen-bond acceptors (Lipinski definition) is 5. The zero-order valence-corrected chi connectivity index (χ0v) is 18.4. The fourth-order valence-electron chi connectivity index (χ4n) is 3.20. The molecule has 0 spiro atoms. The number of carbonyl (C=O) groups excluding carboxylic acids is 1. The molecule has 0 aliphatic heterocycles. The van der Waals surface area contributed by atoms with Crippen LogP contribution >= 0.6 is 0 Å². The minimum absolute atomic E-state index is 0.0125. The molecule has 16 heteroatoms. The van der Waals surface area contributed by atoms with Gasteiger partial charge in [-0.15, -0.1) is 0 Å². The maximum Gasteiger partial charge on any atom is 0.459 e. The Morgan fingerprint density at radius 3 is 2.22 bits per heavy atom. The predicted octanol–water partition coefficient (Wildman–Crippen LogP) is 5.43. The van der Waals surface area contributed by atoms with Gasteiger partial charge in [0.15, 0.2) is 17.3 Å². The van der Waals surface area contributed by atoms with Crippen molar-refractivity contribution in [3.63, 3.8) is 0 Å². The Morgan fingerprint density at radius 1 is 1.06 bits per heavy atom. The first-order valence-corrected chi connectivity index (χ1v) is 9.66. The van der Waals surface area contributed by atoms with Gasteiger partial charge in [0.2, 0.25) is 6.36 Å². The molecule has 0 fully saturated rings. The Labute approximate surface area is 196 Å². The van der Waals surface area contributed by atoms with Crippen LogP contribution < -0.4 is 4.74 Å². The number of ether oxygens (including phenoxy) is 2. The number of alkyl halides is 9. The number of methoxy groups -OCH3 is 1. The molecule has 2 aromatic heterocycles. The molecule has 196 valence electrons. The summed E-state index contributed by atoms with van der Waals surface area (Å²) in [6.07, 6.45) is -11.3. The van der Waals surface area contributed by atoms with E-state index in [-0.39, 0.29) is 11.1 Å². The number of hydrogen-bond donors (Lipinski definition) is 0. The highest BCUT2D eigenvalue weighted by atomic mass is 19.4. The topological polar surface area (TPSA) is 71.2 Å². The number of carbonyl (C=O) groups is 1. The summed E-state index contributed by atoms with van der Waals surface area (Å²) in [4.78, 5) is 11.9. The van der Waals surface area contributed by atoms with Crippen LogP contribution in [0.3, 0.4) is 0 Å². The number of aromatic nitrogens is 4. The zero-order chi connectivity index (χ0) is 27.2. The molecule has 36 heavy (non-hydrogen) atoms. The van der Waals surface area contributed by atoms with Crippen molar-refractivity contribution in [3.05, 3.63) is 47.4 Å². The van der Waals surface area contributed by atoms with Crippen molar-refractivity contribution in [2.45, 2.75) is 31.6 Å². The van der Waals surface area contributed by atoms with Crippen LogP contribution in [0.25, 0.3) is 16.9 Å². The third-order valence-electron chi connectivity index (χ3n) is 4.77. The lowest BCUT2D eigenvalue weighted by Crippen LogP contribution is -2.34. The molecule has 3 aromatic rings. The minimum Gasteiger partial charge on any atom is -0.465 e. The largest absolute Gasteiger partial charge is 0.465 e. The lowest BCUT2D eigenvalue weighted by Gasteiger charge is -2.19. The Kier molecular flexibility index (Phi) is 6.76. The number of halogens is 9. The van der Waals surface area contributed by atoms with E-state index in [4.69, 9.17) is 0 Å². The molecular weight excluding hydrogens is 515 g/mol. The number of benzene rings is 1. The van der Waals surface area contributed by atoms with Crippen molar-refractivity contribution in [2.75, 3.05) is 7.11 Å². The maximum atomic E-state index is 14.1. The van der Waals surface area contributed by atoms with Gasteiger partial charge in [0.1, 0.15) is 0 Å². The summed E-state index contributed by atoms with van der Waals surface area (Å²) >= 11 is 0. The van der Waals surface area contributed by atoms with E-state index in [1.807, 2.05) is 0 Å². The molecule has 0 saturated heterocycles. The van der Waals surface area contributed by atoms with Crippen LogP contribution in [0, 0.1) is 0 Å². The highest BCUT2D eigenvalue weighted by Gasteiger charge is 2.62. The number of nitrogens with zero attached hydrogens (tertiary/aromatic N) is 4. The van der Waals surface area contributed by atoms with E-state index < -0.39 is 59.0 Å². The molecule has 7 nitrogen and oxygen atoms in total. The molecule has 3 rings (SSSR count). The van der Waals surface area contributed by atoms with Gasteiger partial charge in [-0.3, -0.25) is 0 Å².